The Morgan fingerprint density at radius 2 is 1.73 bits per heavy atom. The van der Waals surface area contributed by atoms with E-state index in [4.69, 9.17) is 9.15 Å². The van der Waals surface area contributed by atoms with Crippen molar-refractivity contribution in [2.75, 3.05) is 0 Å². The van der Waals surface area contributed by atoms with Crippen molar-refractivity contribution in [3.8, 4) is 0 Å². The van der Waals surface area contributed by atoms with Crippen LogP contribution in [0.25, 0.3) is 21.9 Å². The summed E-state index contributed by atoms with van der Waals surface area (Å²) in [4.78, 5) is 14.8. The van der Waals surface area contributed by atoms with Crippen molar-refractivity contribution in [1.82, 2.24) is 4.90 Å². The Morgan fingerprint density at radius 1 is 1.07 bits per heavy atom. The van der Waals surface area contributed by atoms with E-state index in [1.54, 1.807) is 0 Å². The summed E-state index contributed by atoms with van der Waals surface area (Å²) in [6, 6.07) is 13.9. The van der Waals surface area contributed by atoms with Gasteiger partial charge in [-0.25, -0.2) is 4.79 Å². The third kappa shape index (κ3) is 3.16. The van der Waals surface area contributed by atoms with Crippen LogP contribution in [0.5, 0.6) is 0 Å². The Hall–Kier alpha value is -2.53. The SMILES string of the molecule is CC(C)(C)OC(=O)N1C2CCCC1CC(O)(c1cccc3c1oc1ccccc13)C2. The first-order valence-corrected chi connectivity index (χ1v) is 10.9. The topological polar surface area (TPSA) is 62.9 Å². The highest BCUT2D eigenvalue weighted by Crippen LogP contribution is 2.47. The number of nitrogens with zero attached hydrogens (tertiary/aromatic N) is 1. The zero-order valence-corrected chi connectivity index (χ0v) is 17.9. The van der Waals surface area contributed by atoms with Gasteiger partial charge in [-0.05, 0) is 46.1 Å². The second-order valence-corrected chi connectivity index (χ2v) is 9.85. The maximum absolute atomic E-state index is 12.9. The molecule has 0 spiro atoms. The molecule has 2 aromatic carbocycles. The van der Waals surface area contributed by atoms with E-state index in [1.807, 2.05) is 62.1 Å². The molecule has 5 heteroatoms. The van der Waals surface area contributed by atoms with E-state index < -0.39 is 11.2 Å². The number of ether oxygens (including phenoxy) is 1. The van der Waals surface area contributed by atoms with Crippen LogP contribution in [-0.4, -0.2) is 33.8 Å². The number of benzene rings is 2. The Kier molecular flexibility index (Phi) is 4.37. The number of para-hydroxylation sites is 2. The Morgan fingerprint density at radius 3 is 2.43 bits per heavy atom. The molecule has 158 valence electrons. The van der Waals surface area contributed by atoms with Crippen molar-refractivity contribution in [1.29, 1.82) is 0 Å². The van der Waals surface area contributed by atoms with E-state index in [0.29, 0.717) is 12.8 Å². The van der Waals surface area contributed by atoms with Crippen LogP contribution in [0, 0.1) is 0 Å². The fourth-order valence-electron chi connectivity index (χ4n) is 5.38. The van der Waals surface area contributed by atoms with Crippen LogP contribution in [0.3, 0.4) is 0 Å². The Balaban J connectivity index is 1.53. The molecule has 1 N–H and O–H groups in total. The quantitative estimate of drug-likeness (QED) is 0.560. The van der Waals surface area contributed by atoms with Crippen LogP contribution >= 0.6 is 0 Å². The zero-order chi connectivity index (χ0) is 21.1. The lowest BCUT2D eigenvalue weighted by atomic mass is 9.72. The summed E-state index contributed by atoms with van der Waals surface area (Å²) in [6.07, 6.45) is 3.57. The molecular weight excluding hydrogens is 378 g/mol. The molecule has 2 aliphatic rings. The standard InChI is InChI=1S/C25H29NO4/c1-24(2,3)30-23(27)26-16-8-6-9-17(26)15-25(28,14-16)20-12-7-11-19-18-10-4-5-13-21(18)29-22(19)20/h4-5,7,10-13,16-17,28H,6,8-9,14-15H2,1-3H3. The number of rotatable bonds is 1. The van der Waals surface area contributed by atoms with Crippen LogP contribution in [-0.2, 0) is 10.3 Å². The van der Waals surface area contributed by atoms with Crippen molar-refractivity contribution in [3.63, 3.8) is 0 Å². The van der Waals surface area contributed by atoms with Gasteiger partial charge in [-0.1, -0.05) is 36.4 Å². The Labute approximate surface area is 176 Å². The predicted octanol–water partition coefficient (Wildman–Crippen LogP) is 5.73. The van der Waals surface area contributed by atoms with Crippen molar-refractivity contribution in [2.45, 2.75) is 76.2 Å². The number of fused-ring (bicyclic) bond motifs is 5. The average Bonchev–Trinajstić information content (AvgIpc) is 3.04. The van der Waals surface area contributed by atoms with Gasteiger partial charge in [-0.3, -0.25) is 0 Å². The van der Waals surface area contributed by atoms with Crippen LogP contribution < -0.4 is 0 Å². The van der Waals surface area contributed by atoms with Gasteiger partial charge in [-0.2, -0.15) is 0 Å². The highest BCUT2D eigenvalue weighted by atomic mass is 16.6. The molecule has 0 radical (unpaired) electrons. The molecule has 2 saturated heterocycles. The minimum Gasteiger partial charge on any atom is -0.456 e. The highest BCUT2D eigenvalue weighted by molar-refractivity contribution is 6.06. The van der Waals surface area contributed by atoms with Gasteiger partial charge in [0.25, 0.3) is 0 Å². The van der Waals surface area contributed by atoms with Gasteiger partial charge in [0.2, 0.25) is 0 Å². The number of carbonyl (C=O) groups excluding carboxylic acids is 1. The molecule has 3 heterocycles. The van der Waals surface area contributed by atoms with E-state index in [1.165, 1.54) is 0 Å². The summed E-state index contributed by atoms with van der Waals surface area (Å²) >= 11 is 0. The summed E-state index contributed by atoms with van der Waals surface area (Å²) in [7, 11) is 0. The summed E-state index contributed by atoms with van der Waals surface area (Å²) < 4.78 is 11.9. The number of hydrogen-bond donors (Lipinski definition) is 1. The minimum absolute atomic E-state index is 0.0306. The van der Waals surface area contributed by atoms with Gasteiger partial charge in [0.1, 0.15) is 16.8 Å². The summed E-state index contributed by atoms with van der Waals surface area (Å²) in [6.45, 7) is 5.68. The van der Waals surface area contributed by atoms with Gasteiger partial charge in [0.15, 0.2) is 0 Å². The second-order valence-electron chi connectivity index (χ2n) is 9.85. The van der Waals surface area contributed by atoms with Crippen molar-refractivity contribution >= 4 is 28.0 Å². The fraction of sp³-hybridized carbons (Fsp3) is 0.480. The molecule has 1 amide bonds. The largest absolute Gasteiger partial charge is 0.456 e. The lowest BCUT2D eigenvalue weighted by Crippen LogP contribution is -2.59. The van der Waals surface area contributed by atoms with Crippen LogP contribution in [0.2, 0.25) is 0 Å². The average molecular weight is 408 g/mol. The first-order valence-electron chi connectivity index (χ1n) is 10.9. The number of furan rings is 1. The first kappa shape index (κ1) is 19.4. The van der Waals surface area contributed by atoms with E-state index in [2.05, 4.69) is 6.07 Å². The third-order valence-corrected chi connectivity index (χ3v) is 6.52. The van der Waals surface area contributed by atoms with E-state index in [-0.39, 0.29) is 18.2 Å². The number of amides is 1. The van der Waals surface area contributed by atoms with Crippen molar-refractivity contribution < 1.29 is 19.1 Å². The number of aliphatic hydroxyl groups is 1. The zero-order valence-electron chi connectivity index (χ0n) is 17.9. The molecule has 1 aromatic heterocycles. The van der Waals surface area contributed by atoms with E-state index >= 15 is 0 Å². The third-order valence-electron chi connectivity index (χ3n) is 6.52. The molecular formula is C25H29NO4. The van der Waals surface area contributed by atoms with Crippen molar-refractivity contribution in [2.24, 2.45) is 0 Å². The molecule has 2 unspecified atom stereocenters. The maximum atomic E-state index is 12.9. The van der Waals surface area contributed by atoms with E-state index in [9.17, 15) is 9.90 Å². The second kappa shape index (κ2) is 6.74. The van der Waals surface area contributed by atoms with Crippen LogP contribution in [0.15, 0.2) is 46.9 Å². The molecule has 0 aliphatic carbocycles. The van der Waals surface area contributed by atoms with Crippen LogP contribution in [0.1, 0.15) is 58.4 Å². The molecule has 2 atom stereocenters. The molecule has 30 heavy (non-hydrogen) atoms. The summed E-state index contributed by atoms with van der Waals surface area (Å²) in [5.74, 6) is 0. The van der Waals surface area contributed by atoms with Gasteiger partial charge < -0.3 is 19.2 Å². The lowest BCUT2D eigenvalue weighted by molar-refractivity contribution is -0.0961. The Bertz CT molecular complexity index is 1100. The highest BCUT2D eigenvalue weighted by Gasteiger charge is 2.50. The van der Waals surface area contributed by atoms with Gasteiger partial charge in [0.05, 0.1) is 5.60 Å². The summed E-state index contributed by atoms with van der Waals surface area (Å²) in [5.41, 5.74) is 0.859. The molecule has 2 fully saturated rings. The molecule has 5 rings (SSSR count). The molecule has 5 nitrogen and oxygen atoms in total. The van der Waals surface area contributed by atoms with Gasteiger partial charge in [-0.15, -0.1) is 0 Å². The normalized spacial score (nSPS) is 26.9. The van der Waals surface area contributed by atoms with E-state index in [0.717, 1.165) is 46.8 Å². The summed E-state index contributed by atoms with van der Waals surface area (Å²) in [5, 5.41) is 13.9. The smallest absolute Gasteiger partial charge is 0.410 e. The number of piperidine rings is 2. The maximum Gasteiger partial charge on any atom is 0.410 e. The fourth-order valence-corrected chi connectivity index (χ4v) is 5.38. The number of hydrogen-bond acceptors (Lipinski definition) is 4. The van der Waals surface area contributed by atoms with Gasteiger partial charge in [0, 0.05) is 41.3 Å². The van der Waals surface area contributed by atoms with Crippen LogP contribution in [0.4, 0.5) is 4.79 Å². The molecule has 0 saturated carbocycles. The minimum atomic E-state index is -1.03. The predicted molar refractivity (Wildman–Crippen MR) is 116 cm³/mol. The van der Waals surface area contributed by atoms with Gasteiger partial charge >= 0.3 is 6.09 Å². The first-order chi connectivity index (χ1) is 14.3. The molecule has 3 aromatic rings. The lowest BCUT2D eigenvalue weighted by Gasteiger charge is -2.51. The number of carbonyl (C=O) groups is 1. The molecule has 2 bridgehead atoms. The molecule has 2 aliphatic heterocycles. The van der Waals surface area contributed by atoms with Crippen molar-refractivity contribution in [3.05, 3.63) is 48.0 Å². The monoisotopic (exact) mass is 407 g/mol.